The number of H-pyrrole nitrogens is 1. The number of hydrogen-bond donors (Lipinski definition) is 7. The third kappa shape index (κ3) is 19.4. The Labute approximate surface area is 401 Å². The number of carboxylic acids is 5. The summed E-state index contributed by atoms with van der Waals surface area (Å²) < 4.78 is 0. The number of carbonyl (C=O) groups excluding carboxylic acids is 6. The molecule has 2 aromatic heterocycles. The second kappa shape index (κ2) is 28.0. The number of rotatable bonds is 24. The number of Topliss-reactive ketones (excluding diaryl/α,β-unsaturated/α-hetero) is 1. The van der Waals surface area contributed by atoms with E-state index >= 15 is 0 Å². The van der Waals surface area contributed by atoms with Crippen LogP contribution in [0.1, 0.15) is 54.6 Å². The number of nitrogen functional groups attached to an aromatic ring is 1. The predicted molar refractivity (Wildman–Crippen MR) is 234 cm³/mol. The van der Waals surface area contributed by atoms with Crippen LogP contribution in [0.2, 0.25) is 0 Å². The third-order valence-electron chi connectivity index (χ3n) is 10.7. The van der Waals surface area contributed by atoms with Crippen molar-refractivity contribution in [3.8, 4) is 0 Å². The maximum Gasteiger partial charge on any atom is 3.00 e. The SMILES string of the molecule is Nc1nc2ncc(CNc3ccc(C(=O)N[C@@H](CCC(=O)NCCCC(=O)CCC(C(=O)O)N4CCN(CC(=O)[O-])CCN(CC(=O)[O-])CCN(CC(=O)[O-])CC4)C(=O)O)cc3)nc2c(=O)[nH]1.[Ga+3]. The molecule has 3 heterocycles. The monoisotopic (exact) mass is 1010 g/mol. The molecule has 1 unspecified atom stereocenters. The van der Waals surface area contributed by atoms with Gasteiger partial charge in [0.15, 0.2) is 11.2 Å². The summed E-state index contributed by atoms with van der Waals surface area (Å²) in [5.41, 5.74) is 6.24. The fourth-order valence-electron chi connectivity index (χ4n) is 7.14. The molecule has 1 aliphatic rings. The number of ketones is 1. The summed E-state index contributed by atoms with van der Waals surface area (Å²) in [7, 11) is 0. The molecule has 4 rings (SSSR count). The number of aromatic amines is 1. The second-order valence-corrected chi connectivity index (χ2v) is 15.7. The zero-order valence-corrected chi connectivity index (χ0v) is 39.5. The smallest absolute Gasteiger partial charge is 0.549 e. The minimum atomic E-state index is -1.41. The Morgan fingerprint density at radius 3 is 1.84 bits per heavy atom. The van der Waals surface area contributed by atoms with E-state index in [1.807, 2.05) is 0 Å². The summed E-state index contributed by atoms with van der Waals surface area (Å²) in [6.45, 7) is -0.897. The van der Waals surface area contributed by atoms with Crippen LogP contribution in [0.5, 0.6) is 0 Å². The van der Waals surface area contributed by atoms with E-state index in [1.165, 1.54) is 37.9 Å². The van der Waals surface area contributed by atoms with Gasteiger partial charge in [0.25, 0.3) is 11.5 Å². The van der Waals surface area contributed by atoms with E-state index in [-0.39, 0.29) is 152 Å². The van der Waals surface area contributed by atoms with Gasteiger partial charge in [-0.15, -0.1) is 0 Å². The van der Waals surface area contributed by atoms with E-state index in [0.29, 0.717) is 11.4 Å². The topological polar surface area (TPSA) is 393 Å². The zero-order chi connectivity index (χ0) is 49.0. The van der Waals surface area contributed by atoms with Gasteiger partial charge in [-0.3, -0.25) is 48.6 Å². The number of nitrogens with one attached hydrogen (secondary N) is 4. The molecule has 3 aromatic rings. The number of carboxylic acid groups (broad SMARTS) is 5. The van der Waals surface area contributed by atoms with E-state index in [9.17, 15) is 68.7 Å². The molecule has 1 aliphatic heterocycles. The van der Waals surface area contributed by atoms with E-state index in [0.717, 1.165) is 0 Å². The van der Waals surface area contributed by atoms with Crippen molar-refractivity contribution in [1.29, 1.82) is 0 Å². The maximum atomic E-state index is 12.9. The van der Waals surface area contributed by atoms with Crippen molar-refractivity contribution in [2.45, 2.75) is 57.2 Å². The molecule has 364 valence electrons. The van der Waals surface area contributed by atoms with E-state index in [1.54, 1.807) is 12.1 Å². The largest absolute Gasteiger partial charge is 3.00 e. The van der Waals surface area contributed by atoms with Crippen molar-refractivity contribution in [2.24, 2.45) is 0 Å². The van der Waals surface area contributed by atoms with Gasteiger partial charge in [0.2, 0.25) is 11.9 Å². The minimum absolute atomic E-state index is 0. The average molecular weight is 1010 g/mol. The van der Waals surface area contributed by atoms with Gasteiger partial charge < -0.3 is 61.6 Å². The van der Waals surface area contributed by atoms with Crippen molar-refractivity contribution in [1.82, 2.24) is 50.2 Å². The number of hydrogen-bond acceptors (Lipinski definition) is 21. The summed E-state index contributed by atoms with van der Waals surface area (Å²) in [6, 6.07) is 3.45. The van der Waals surface area contributed by atoms with Crippen LogP contribution < -0.4 is 42.6 Å². The quantitative estimate of drug-likeness (QED) is 0.0324. The first-order chi connectivity index (χ1) is 31.9. The number of amides is 2. The summed E-state index contributed by atoms with van der Waals surface area (Å²) in [5.74, 6) is -8.42. The number of fused-ring (bicyclic) bond motifs is 1. The molecule has 1 aromatic carbocycles. The Bertz CT molecular complexity index is 2270. The van der Waals surface area contributed by atoms with Gasteiger partial charge in [-0.05, 0) is 43.5 Å². The number of aromatic nitrogens is 4. The molecule has 1 saturated heterocycles. The number of nitrogens with zero attached hydrogens (tertiary/aromatic N) is 7. The molecule has 1 fully saturated rings. The fourth-order valence-corrected chi connectivity index (χ4v) is 7.14. The van der Waals surface area contributed by atoms with Gasteiger partial charge in [0.1, 0.15) is 17.9 Å². The van der Waals surface area contributed by atoms with Crippen LogP contribution in [-0.4, -0.2) is 208 Å². The van der Waals surface area contributed by atoms with Crippen LogP contribution in [0.25, 0.3) is 11.2 Å². The molecule has 0 spiro atoms. The zero-order valence-electron chi connectivity index (χ0n) is 37.1. The van der Waals surface area contributed by atoms with Gasteiger partial charge in [-0.25, -0.2) is 14.8 Å². The summed E-state index contributed by atoms with van der Waals surface area (Å²) in [4.78, 5) is 130. The molecule has 27 heteroatoms. The van der Waals surface area contributed by atoms with Gasteiger partial charge in [-0.1, -0.05) is 0 Å². The number of nitrogens with two attached hydrogens (primary N) is 1. The van der Waals surface area contributed by atoms with Crippen molar-refractivity contribution in [3.05, 3.63) is 52.1 Å². The number of carbonyl (C=O) groups is 8. The predicted octanol–water partition coefficient (Wildman–Crippen LogP) is -6.34. The van der Waals surface area contributed by atoms with Crippen LogP contribution in [0, 0.1) is 0 Å². The Morgan fingerprint density at radius 1 is 0.750 bits per heavy atom. The fraction of sp³-hybridized carbons (Fsp3) is 0.512. The Balaban J connectivity index is 0.0000122. The maximum absolute atomic E-state index is 12.9. The number of anilines is 2. The average Bonchev–Trinajstić information content (AvgIpc) is 3.25. The molecular formula is C41H53GaN12O14. The van der Waals surface area contributed by atoms with Gasteiger partial charge in [0, 0.05) is 109 Å². The molecule has 8 N–H and O–H groups in total. The van der Waals surface area contributed by atoms with Crippen molar-refractivity contribution >= 4 is 90.0 Å². The third-order valence-corrected chi connectivity index (χ3v) is 10.7. The molecule has 26 nitrogen and oxygen atoms in total. The standard InChI is InChI=1S/C41H56N12O14.Ga/c42-41-48-36-35(38(63)49-41)46-27(21-45-36)20-44-26-5-3-25(4-6-26)37(62)47-29(39(64)65)8-10-31(55)43-11-1-2-28(54)7-9-30(40(66)67)53-18-16-51(23-33(58)59)14-12-50(22-32(56)57)13-15-52(17-19-53)24-34(60)61;/h3-6,21,29-30,44H,1-2,7-20,22-24H2,(H,43,55)(H,47,62)(H,56,57)(H,58,59)(H,60,61)(H,64,65)(H,66,67)(H3,42,45,48,49,63);/q;+3/p-3/t29-,30?;/m0./s1. The van der Waals surface area contributed by atoms with Crippen LogP contribution in [0.3, 0.4) is 0 Å². The van der Waals surface area contributed by atoms with Crippen LogP contribution in [-0.2, 0) is 40.1 Å². The molecule has 68 heavy (non-hydrogen) atoms. The van der Waals surface area contributed by atoms with Gasteiger partial charge >= 0.3 is 31.7 Å². The van der Waals surface area contributed by atoms with Crippen molar-refractivity contribution in [2.75, 3.05) is 89.6 Å². The van der Waals surface area contributed by atoms with Crippen LogP contribution >= 0.6 is 0 Å². The minimum Gasteiger partial charge on any atom is -0.549 e. The summed E-state index contributed by atoms with van der Waals surface area (Å²) in [6.07, 6.45) is 0.774. The first kappa shape index (κ1) is 55.8. The van der Waals surface area contributed by atoms with Crippen LogP contribution in [0.4, 0.5) is 11.6 Å². The number of aliphatic carboxylic acids is 5. The summed E-state index contributed by atoms with van der Waals surface area (Å²) >= 11 is 0. The Morgan fingerprint density at radius 2 is 1.31 bits per heavy atom. The van der Waals surface area contributed by atoms with Crippen LogP contribution in [0.15, 0.2) is 35.3 Å². The van der Waals surface area contributed by atoms with Crippen molar-refractivity contribution < 1.29 is 63.9 Å². The molecule has 0 aliphatic carbocycles. The number of benzene rings is 1. The van der Waals surface area contributed by atoms with E-state index in [4.69, 9.17) is 5.73 Å². The van der Waals surface area contributed by atoms with E-state index < -0.39 is 78.9 Å². The molecule has 0 saturated carbocycles. The first-order valence-electron chi connectivity index (χ1n) is 21.3. The van der Waals surface area contributed by atoms with Gasteiger partial charge in [0.05, 0.1) is 36.3 Å². The molecule has 0 bridgehead atoms. The van der Waals surface area contributed by atoms with E-state index in [2.05, 4.69) is 35.9 Å². The molecule has 2 amide bonds. The first-order valence-corrected chi connectivity index (χ1v) is 21.3. The Kier molecular flexibility index (Phi) is 22.9. The molecule has 2 atom stereocenters. The van der Waals surface area contributed by atoms with Crippen molar-refractivity contribution in [3.63, 3.8) is 0 Å². The normalized spacial score (nSPS) is 15.4. The second-order valence-electron chi connectivity index (χ2n) is 15.7. The summed E-state index contributed by atoms with van der Waals surface area (Å²) in [5, 5.41) is 62.3. The molecular weight excluding hydrogens is 954 g/mol. The Hall–Kier alpha value is -6.52. The molecule has 0 radical (unpaired) electrons. The van der Waals surface area contributed by atoms with Gasteiger partial charge in [-0.2, -0.15) is 4.98 Å².